The summed E-state index contributed by atoms with van der Waals surface area (Å²) in [7, 11) is 0. The van der Waals surface area contributed by atoms with Crippen molar-refractivity contribution in [3.05, 3.63) is 23.9 Å². The number of fused-ring (bicyclic) bond motifs is 2. The van der Waals surface area contributed by atoms with Gasteiger partial charge in [0.2, 0.25) is 5.91 Å². The average molecular weight is 309 g/mol. The summed E-state index contributed by atoms with van der Waals surface area (Å²) in [4.78, 5) is 20.2. The summed E-state index contributed by atoms with van der Waals surface area (Å²) < 4.78 is 4.63. The zero-order chi connectivity index (χ0) is 15.4. The van der Waals surface area contributed by atoms with Gasteiger partial charge in [-0.25, -0.2) is 9.61 Å². The second-order valence-electron chi connectivity index (χ2n) is 6.35. The molecular formula is C16H15N5O2. The summed E-state index contributed by atoms with van der Waals surface area (Å²) in [5.41, 5.74) is 4.24. The van der Waals surface area contributed by atoms with Gasteiger partial charge in [0.05, 0.1) is 17.0 Å². The Bertz CT molecular complexity index is 893. The van der Waals surface area contributed by atoms with Gasteiger partial charge in [0.15, 0.2) is 11.5 Å². The number of H-pyrrole nitrogens is 1. The topological polar surface area (TPSA) is 96.7 Å². The molecule has 7 heteroatoms. The highest BCUT2D eigenvalue weighted by atomic mass is 16.6. The SMILES string of the molecule is O=C1Nc2cc3nc(-c4cnon4)[nH]c3cc2C1C1CCCC1. The lowest BCUT2D eigenvalue weighted by molar-refractivity contribution is -0.118. The summed E-state index contributed by atoms with van der Waals surface area (Å²) in [5, 5.41) is 10.4. The van der Waals surface area contributed by atoms with Crippen LogP contribution in [0.5, 0.6) is 0 Å². The van der Waals surface area contributed by atoms with Crippen LogP contribution in [0.15, 0.2) is 23.0 Å². The van der Waals surface area contributed by atoms with Crippen LogP contribution in [0.25, 0.3) is 22.6 Å². The van der Waals surface area contributed by atoms with E-state index in [-0.39, 0.29) is 11.8 Å². The predicted octanol–water partition coefficient (Wildman–Crippen LogP) is 2.84. The molecule has 1 amide bonds. The van der Waals surface area contributed by atoms with Crippen molar-refractivity contribution in [2.75, 3.05) is 5.32 Å². The van der Waals surface area contributed by atoms with Crippen molar-refractivity contribution >= 4 is 22.6 Å². The van der Waals surface area contributed by atoms with Gasteiger partial charge in [-0.1, -0.05) is 18.0 Å². The molecule has 5 rings (SSSR count). The highest BCUT2D eigenvalue weighted by Gasteiger charge is 2.38. The second kappa shape index (κ2) is 4.65. The molecule has 23 heavy (non-hydrogen) atoms. The molecule has 7 nitrogen and oxygen atoms in total. The van der Waals surface area contributed by atoms with Crippen LogP contribution < -0.4 is 5.32 Å². The number of imidazole rings is 1. The Labute approximate surface area is 131 Å². The zero-order valence-electron chi connectivity index (χ0n) is 12.4. The molecule has 0 bridgehead atoms. The molecule has 0 saturated heterocycles. The molecule has 2 aromatic heterocycles. The molecule has 116 valence electrons. The lowest BCUT2D eigenvalue weighted by atomic mass is 9.86. The zero-order valence-corrected chi connectivity index (χ0v) is 12.4. The van der Waals surface area contributed by atoms with Crippen molar-refractivity contribution in [1.29, 1.82) is 0 Å². The maximum atomic E-state index is 12.4. The van der Waals surface area contributed by atoms with E-state index in [1.54, 1.807) is 0 Å². The Morgan fingerprint density at radius 2 is 2.09 bits per heavy atom. The number of carbonyl (C=O) groups is 1. The molecular weight excluding hydrogens is 294 g/mol. The molecule has 1 unspecified atom stereocenters. The Morgan fingerprint density at radius 3 is 2.87 bits per heavy atom. The number of rotatable bonds is 2. The Balaban J connectivity index is 1.61. The minimum Gasteiger partial charge on any atom is -0.336 e. The minimum absolute atomic E-state index is 0.0302. The van der Waals surface area contributed by atoms with Gasteiger partial charge < -0.3 is 10.3 Å². The van der Waals surface area contributed by atoms with Crippen molar-refractivity contribution in [2.45, 2.75) is 31.6 Å². The van der Waals surface area contributed by atoms with Crippen LogP contribution >= 0.6 is 0 Å². The molecule has 1 saturated carbocycles. The smallest absolute Gasteiger partial charge is 0.232 e. The highest BCUT2D eigenvalue weighted by Crippen LogP contribution is 2.45. The third-order valence-electron chi connectivity index (χ3n) is 5.00. The number of hydrogen-bond acceptors (Lipinski definition) is 5. The van der Waals surface area contributed by atoms with Crippen molar-refractivity contribution in [2.24, 2.45) is 5.92 Å². The second-order valence-corrected chi connectivity index (χ2v) is 6.35. The lowest BCUT2D eigenvalue weighted by Gasteiger charge is -2.16. The van der Waals surface area contributed by atoms with Crippen molar-refractivity contribution in [3.63, 3.8) is 0 Å². The van der Waals surface area contributed by atoms with Crippen LogP contribution in [0.4, 0.5) is 5.69 Å². The van der Waals surface area contributed by atoms with E-state index in [0.29, 0.717) is 17.4 Å². The quantitative estimate of drug-likeness (QED) is 0.758. The summed E-state index contributed by atoms with van der Waals surface area (Å²) in [5.74, 6) is 1.17. The molecule has 3 heterocycles. The largest absolute Gasteiger partial charge is 0.336 e. The average Bonchev–Trinajstić information content (AvgIpc) is 3.30. The number of aromatic nitrogens is 4. The molecule has 1 aromatic carbocycles. The molecule has 0 radical (unpaired) electrons. The highest BCUT2D eigenvalue weighted by molar-refractivity contribution is 6.05. The van der Waals surface area contributed by atoms with Gasteiger partial charge >= 0.3 is 0 Å². The van der Waals surface area contributed by atoms with E-state index in [1.165, 1.54) is 19.0 Å². The molecule has 0 spiro atoms. The van der Waals surface area contributed by atoms with Crippen LogP contribution in [-0.2, 0) is 4.79 Å². The van der Waals surface area contributed by atoms with Crippen LogP contribution in [0.2, 0.25) is 0 Å². The molecule has 1 aliphatic carbocycles. The number of nitrogens with zero attached hydrogens (tertiary/aromatic N) is 3. The van der Waals surface area contributed by atoms with Gasteiger partial charge in [-0.3, -0.25) is 4.79 Å². The van der Waals surface area contributed by atoms with Gasteiger partial charge in [-0.15, -0.1) is 0 Å². The third-order valence-corrected chi connectivity index (χ3v) is 5.00. The number of anilines is 1. The van der Waals surface area contributed by atoms with Gasteiger partial charge in [0.1, 0.15) is 6.20 Å². The van der Waals surface area contributed by atoms with E-state index in [9.17, 15) is 4.79 Å². The fourth-order valence-electron chi connectivity index (χ4n) is 3.94. The van der Waals surface area contributed by atoms with E-state index in [1.807, 2.05) is 6.07 Å². The number of nitrogens with one attached hydrogen (secondary N) is 2. The molecule has 1 aliphatic heterocycles. The maximum Gasteiger partial charge on any atom is 0.232 e. The van der Waals surface area contributed by atoms with Crippen LogP contribution in [0.3, 0.4) is 0 Å². The molecule has 1 atom stereocenters. The summed E-state index contributed by atoms with van der Waals surface area (Å²) in [6.45, 7) is 0. The van der Waals surface area contributed by atoms with Crippen LogP contribution in [0, 0.1) is 5.92 Å². The number of hydrogen-bond donors (Lipinski definition) is 2. The predicted molar refractivity (Wildman–Crippen MR) is 82.7 cm³/mol. The van der Waals surface area contributed by atoms with E-state index >= 15 is 0 Å². The van der Waals surface area contributed by atoms with Crippen LogP contribution in [-0.4, -0.2) is 26.2 Å². The Hall–Kier alpha value is -2.70. The fraction of sp³-hybridized carbons (Fsp3) is 0.375. The summed E-state index contributed by atoms with van der Waals surface area (Å²) >= 11 is 0. The van der Waals surface area contributed by atoms with E-state index in [2.05, 4.69) is 36.3 Å². The molecule has 2 aliphatic rings. The first-order valence-corrected chi connectivity index (χ1v) is 7.92. The minimum atomic E-state index is -0.0302. The number of benzene rings is 1. The molecule has 3 aromatic rings. The number of aromatic amines is 1. The van der Waals surface area contributed by atoms with Gasteiger partial charge in [0.25, 0.3) is 0 Å². The maximum absolute atomic E-state index is 12.4. The van der Waals surface area contributed by atoms with E-state index < -0.39 is 0 Å². The van der Waals surface area contributed by atoms with Crippen molar-refractivity contribution in [3.8, 4) is 11.5 Å². The lowest BCUT2D eigenvalue weighted by Crippen LogP contribution is -2.18. The summed E-state index contributed by atoms with van der Waals surface area (Å²) in [6.07, 6.45) is 6.23. The fourth-order valence-corrected chi connectivity index (χ4v) is 3.94. The first-order valence-electron chi connectivity index (χ1n) is 7.92. The van der Waals surface area contributed by atoms with Gasteiger partial charge in [0, 0.05) is 5.69 Å². The first-order chi connectivity index (χ1) is 11.3. The third kappa shape index (κ3) is 1.89. The number of amides is 1. The molecule has 2 N–H and O–H groups in total. The standard InChI is InChI=1S/C16H15N5O2/c22-16-14(8-3-1-2-4-8)9-5-11-12(6-10(9)20-16)19-15(18-11)13-7-17-23-21-13/h5-8,14H,1-4H2,(H,18,19)(H,20,22). The van der Waals surface area contributed by atoms with Crippen molar-refractivity contribution < 1.29 is 9.42 Å². The van der Waals surface area contributed by atoms with E-state index in [4.69, 9.17) is 0 Å². The normalized spacial score (nSPS) is 21.0. The van der Waals surface area contributed by atoms with Crippen LogP contribution in [0.1, 0.15) is 37.2 Å². The van der Waals surface area contributed by atoms with Crippen molar-refractivity contribution in [1.82, 2.24) is 20.3 Å². The van der Waals surface area contributed by atoms with Gasteiger partial charge in [-0.05, 0) is 41.6 Å². The Kier molecular flexibility index (Phi) is 2.59. The monoisotopic (exact) mass is 309 g/mol. The van der Waals surface area contributed by atoms with E-state index in [0.717, 1.165) is 35.1 Å². The summed E-state index contributed by atoms with van der Waals surface area (Å²) in [6, 6.07) is 3.99. The van der Waals surface area contributed by atoms with Gasteiger partial charge in [-0.2, -0.15) is 0 Å². The first kappa shape index (κ1) is 12.8. The Morgan fingerprint density at radius 1 is 1.22 bits per heavy atom. The molecule has 1 fully saturated rings. The number of carbonyl (C=O) groups excluding carboxylic acids is 1.